The van der Waals surface area contributed by atoms with Crippen LogP contribution >= 0.6 is 11.6 Å². The topological polar surface area (TPSA) is 58.6 Å². The predicted octanol–water partition coefficient (Wildman–Crippen LogP) is 4.22. The van der Waals surface area contributed by atoms with Gasteiger partial charge >= 0.3 is 0 Å². The van der Waals surface area contributed by atoms with Gasteiger partial charge in [-0.25, -0.2) is 0 Å². The minimum absolute atomic E-state index is 0.103. The Kier molecular flexibility index (Phi) is 9.00. The largest absolute Gasteiger partial charge is 0.497 e. The molecular weight excluding hydrogens is 388 g/mol. The predicted molar refractivity (Wildman–Crippen MR) is 116 cm³/mol. The average molecular weight is 417 g/mol. The van der Waals surface area contributed by atoms with Crippen LogP contribution in [0.2, 0.25) is 5.02 Å². The molecule has 2 aromatic rings. The summed E-state index contributed by atoms with van der Waals surface area (Å²) in [5, 5.41) is 3.55. The second kappa shape index (κ2) is 11.5. The number of ether oxygens (including phenoxy) is 1. The Hall–Kier alpha value is -2.53. The number of rotatable bonds is 10. The van der Waals surface area contributed by atoms with Crippen molar-refractivity contribution in [2.24, 2.45) is 0 Å². The van der Waals surface area contributed by atoms with Crippen LogP contribution in [0.15, 0.2) is 48.5 Å². The molecule has 5 nitrogen and oxygen atoms in total. The average Bonchev–Trinajstić information content (AvgIpc) is 2.73. The molecule has 0 fully saturated rings. The molecule has 0 radical (unpaired) electrons. The highest BCUT2D eigenvalue weighted by Crippen LogP contribution is 2.19. The van der Waals surface area contributed by atoms with Gasteiger partial charge in [0.2, 0.25) is 11.8 Å². The Morgan fingerprint density at radius 3 is 2.45 bits per heavy atom. The second-order valence-corrected chi connectivity index (χ2v) is 7.33. The normalized spacial score (nSPS) is 11.6. The highest BCUT2D eigenvalue weighted by molar-refractivity contribution is 6.30. The van der Waals surface area contributed by atoms with Crippen LogP contribution in [-0.4, -0.2) is 36.4 Å². The van der Waals surface area contributed by atoms with Gasteiger partial charge in [-0.1, -0.05) is 49.7 Å². The number of halogens is 1. The molecule has 2 amide bonds. The van der Waals surface area contributed by atoms with E-state index in [-0.39, 0.29) is 18.2 Å². The molecule has 1 atom stereocenters. The van der Waals surface area contributed by atoms with E-state index >= 15 is 0 Å². The molecule has 0 bridgehead atoms. The van der Waals surface area contributed by atoms with Gasteiger partial charge in [-0.15, -0.1) is 0 Å². The Balaban J connectivity index is 2.27. The summed E-state index contributed by atoms with van der Waals surface area (Å²) in [7, 11) is 1.61. The maximum atomic E-state index is 13.2. The fourth-order valence-electron chi connectivity index (χ4n) is 3.13. The molecule has 2 aromatic carbocycles. The van der Waals surface area contributed by atoms with Gasteiger partial charge in [-0.05, 0) is 48.2 Å². The van der Waals surface area contributed by atoms with Gasteiger partial charge in [-0.3, -0.25) is 9.59 Å². The SMILES string of the molecule is CCCNC(=O)C(CC)N(Cc1cccc(OC)c1)C(=O)Cc1ccc(Cl)cc1. The Morgan fingerprint density at radius 1 is 1.10 bits per heavy atom. The summed E-state index contributed by atoms with van der Waals surface area (Å²) in [5.74, 6) is 0.492. The summed E-state index contributed by atoms with van der Waals surface area (Å²) in [6.45, 7) is 4.85. The summed E-state index contributed by atoms with van der Waals surface area (Å²) in [6.07, 6.45) is 1.58. The maximum Gasteiger partial charge on any atom is 0.242 e. The van der Waals surface area contributed by atoms with Crippen LogP contribution in [0.1, 0.15) is 37.8 Å². The first-order valence-corrected chi connectivity index (χ1v) is 10.3. The van der Waals surface area contributed by atoms with Crippen molar-refractivity contribution < 1.29 is 14.3 Å². The van der Waals surface area contributed by atoms with E-state index in [1.165, 1.54) is 0 Å². The molecule has 0 spiro atoms. The number of benzene rings is 2. The Morgan fingerprint density at radius 2 is 1.83 bits per heavy atom. The van der Waals surface area contributed by atoms with Crippen molar-refractivity contribution >= 4 is 23.4 Å². The van der Waals surface area contributed by atoms with Crippen LogP contribution < -0.4 is 10.1 Å². The van der Waals surface area contributed by atoms with Crippen LogP contribution in [0, 0.1) is 0 Å². The number of hydrogen-bond acceptors (Lipinski definition) is 3. The van der Waals surface area contributed by atoms with Gasteiger partial charge in [-0.2, -0.15) is 0 Å². The molecule has 29 heavy (non-hydrogen) atoms. The molecule has 2 rings (SSSR count). The standard InChI is InChI=1S/C23H29ClN2O3/c1-4-13-25-23(28)21(5-2)26(16-18-7-6-8-20(14-18)29-3)22(27)15-17-9-11-19(24)12-10-17/h6-12,14,21H,4-5,13,15-16H2,1-3H3,(H,25,28). The van der Waals surface area contributed by atoms with Gasteiger partial charge in [0.25, 0.3) is 0 Å². The summed E-state index contributed by atoms with van der Waals surface area (Å²) in [4.78, 5) is 27.6. The first kappa shape index (κ1) is 22.8. The van der Waals surface area contributed by atoms with Crippen LogP contribution in [0.5, 0.6) is 5.75 Å². The maximum absolute atomic E-state index is 13.2. The van der Waals surface area contributed by atoms with Gasteiger partial charge in [0.15, 0.2) is 0 Å². The smallest absolute Gasteiger partial charge is 0.242 e. The second-order valence-electron chi connectivity index (χ2n) is 6.89. The van der Waals surface area contributed by atoms with Crippen LogP contribution in [0.3, 0.4) is 0 Å². The van der Waals surface area contributed by atoms with E-state index in [0.29, 0.717) is 24.5 Å². The number of carbonyl (C=O) groups is 2. The lowest BCUT2D eigenvalue weighted by molar-refractivity contribution is -0.140. The summed E-state index contributed by atoms with van der Waals surface area (Å²) in [6, 6.07) is 14.2. The monoisotopic (exact) mass is 416 g/mol. The van der Waals surface area contributed by atoms with E-state index in [0.717, 1.165) is 23.3 Å². The van der Waals surface area contributed by atoms with Gasteiger partial charge in [0.1, 0.15) is 11.8 Å². The molecule has 1 unspecified atom stereocenters. The van der Waals surface area contributed by atoms with Gasteiger partial charge < -0.3 is 15.0 Å². The number of hydrogen-bond donors (Lipinski definition) is 1. The van der Waals surface area contributed by atoms with E-state index < -0.39 is 6.04 Å². The van der Waals surface area contributed by atoms with Crippen molar-refractivity contribution in [3.05, 3.63) is 64.7 Å². The van der Waals surface area contributed by atoms with E-state index in [9.17, 15) is 9.59 Å². The molecule has 1 N–H and O–H groups in total. The van der Waals surface area contributed by atoms with Crippen LogP contribution in [0.4, 0.5) is 0 Å². The highest BCUT2D eigenvalue weighted by Gasteiger charge is 2.28. The van der Waals surface area contributed by atoms with E-state index in [1.807, 2.05) is 50.2 Å². The third-order valence-corrected chi connectivity index (χ3v) is 4.94. The minimum atomic E-state index is -0.535. The molecule has 0 aliphatic carbocycles. The quantitative estimate of drug-likeness (QED) is 0.630. The summed E-state index contributed by atoms with van der Waals surface area (Å²) >= 11 is 5.95. The summed E-state index contributed by atoms with van der Waals surface area (Å²) < 4.78 is 5.30. The van der Waals surface area contributed by atoms with E-state index in [2.05, 4.69) is 5.32 Å². The zero-order valence-electron chi connectivity index (χ0n) is 17.3. The number of methoxy groups -OCH3 is 1. The number of nitrogens with zero attached hydrogens (tertiary/aromatic N) is 1. The van der Waals surface area contributed by atoms with Gasteiger partial charge in [0.05, 0.1) is 13.5 Å². The lowest BCUT2D eigenvalue weighted by Crippen LogP contribution is -2.49. The molecule has 0 aliphatic heterocycles. The van der Waals surface area contributed by atoms with Crippen molar-refractivity contribution in [1.82, 2.24) is 10.2 Å². The first-order chi connectivity index (χ1) is 14.0. The lowest BCUT2D eigenvalue weighted by atomic mass is 10.1. The molecule has 6 heteroatoms. The number of carbonyl (C=O) groups excluding carboxylic acids is 2. The molecule has 0 aromatic heterocycles. The van der Waals surface area contributed by atoms with Crippen molar-refractivity contribution in [2.45, 2.75) is 45.7 Å². The molecule has 156 valence electrons. The Labute approximate surface area is 178 Å². The van der Waals surface area contributed by atoms with Crippen molar-refractivity contribution in [3.8, 4) is 5.75 Å². The van der Waals surface area contributed by atoms with Crippen LogP contribution in [0.25, 0.3) is 0 Å². The zero-order valence-corrected chi connectivity index (χ0v) is 18.0. The van der Waals surface area contributed by atoms with E-state index in [4.69, 9.17) is 16.3 Å². The minimum Gasteiger partial charge on any atom is -0.497 e. The molecule has 0 saturated heterocycles. The fourth-order valence-corrected chi connectivity index (χ4v) is 3.26. The molecule has 0 saturated carbocycles. The van der Waals surface area contributed by atoms with Crippen LogP contribution in [-0.2, 0) is 22.6 Å². The lowest BCUT2D eigenvalue weighted by Gasteiger charge is -2.31. The Bertz CT molecular complexity index is 808. The van der Waals surface area contributed by atoms with E-state index in [1.54, 1.807) is 24.1 Å². The molecule has 0 heterocycles. The molecule has 0 aliphatic rings. The van der Waals surface area contributed by atoms with Crippen molar-refractivity contribution in [1.29, 1.82) is 0 Å². The fraction of sp³-hybridized carbons (Fsp3) is 0.391. The van der Waals surface area contributed by atoms with Crippen molar-refractivity contribution in [2.75, 3.05) is 13.7 Å². The number of nitrogens with one attached hydrogen (secondary N) is 1. The van der Waals surface area contributed by atoms with Gasteiger partial charge in [0, 0.05) is 18.1 Å². The highest BCUT2D eigenvalue weighted by atomic mass is 35.5. The summed E-state index contributed by atoms with van der Waals surface area (Å²) in [5.41, 5.74) is 1.77. The number of amides is 2. The first-order valence-electron chi connectivity index (χ1n) is 9.93. The zero-order chi connectivity index (χ0) is 21.2. The third kappa shape index (κ3) is 6.79. The third-order valence-electron chi connectivity index (χ3n) is 4.69. The molecular formula is C23H29ClN2O3. The van der Waals surface area contributed by atoms with Crippen molar-refractivity contribution in [3.63, 3.8) is 0 Å².